The average Bonchev–Trinajstić information content (AvgIpc) is 3.20. The fourth-order valence-corrected chi connectivity index (χ4v) is 2.51. The third kappa shape index (κ3) is 4.43. The summed E-state index contributed by atoms with van der Waals surface area (Å²) < 4.78 is 0. The number of nitrogens with two attached hydrogens (primary N) is 1. The van der Waals surface area contributed by atoms with Crippen molar-refractivity contribution >= 4 is 0 Å². The Hall–Kier alpha value is -0.860. The van der Waals surface area contributed by atoms with Crippen LogP contribution < -0.4 is 5.73 Å². The molecule has 1 aliphatic rings. The highest BCUT2D eigenvalue weighted by atomic mass is 15.2. The lowest BCUT2D eigenvalue weighted by Gasteiger charge is -2.25. The first-order valence-corrected chi connectivity index (χ1v) is 7.33. The Morgan fingerprint density at radius 3 is 2.61 bits per heavy atom. The van der Waals surface area contributed by atoms with E-state index in [9.17, 15) is 0 Å². The third-order valence-electron chi connectivity index (χ3n) is 3.67. The van der Waals surface area contributed by atoms with Gasteiger partial charge in [-0.25, -0.2) is 0 Å². The maximum atomic E-state index is 6.30. The van der Waals surface area contributed by atoms with Gasteiger partial charge in [0.1, 0.15) is 0 Å². The van der Waals surface area contributed by atoms with E-state index in [0.29, 0.717) is 0 Å². The fourth-order valence-electron chi connectivity index (χ4n) is 2.51. The fraction of sp³-hybridized carbons (Fsp3) is 0.625. The summed E-state index contributed by atoms with van der Waals surface area (Å²) in [6.45, 7) is 4.54. The summed E-state index contributed by atoms with van der Waals surface area (Å²) in [5.74, 6) is 0. The summed E-state index contributed by atoms with van der Waals surface area (Å²) in [6, 6.07) is 11.7. The number of hydrogen-bond acceptors (Lipinski definition) is 2. The molecule has 1 aliphatic carbocycles. The van der Waals surface area contributed by atoms with Gasteiger partial charge < -0.3 is 5.73 Å². The van der Waals surface area contributed by atoms with E-state index in [1.165, 1.54) is 37.8 Å². The number of hydrogen-bond donors (Lipinski definition) is 1. The van der Waals surface area contributed by atoms with E-state index < -0.39 is 0 Å². The Bertz CT molecular complexity index is 332. The molecule has 2 nitrogen and oxygen atoms in total. The third-order valence-corrected chi connectivity index (χ3v) is 3.67. The normalized spacial score (nSPS) is 17.1. The van der Waals surface area contributed by atoms with E-state index in [0.717, 1.165) is 19.0 Å². The van der Waals surface area contributed by atoms with Gasteiger partial charge in [0.25, 0.3) is 0 Å². The Kier molecular flexibility index (Phi) is 5.21. The van der Waals surface area contributed by atoms with Crippen LogP contribution in [0, 0.1) is 0 Å². The van der Waals surface area contributed by atoms with Gasteiger partial charge in [0, 0.05) is 18.6 Å². The van der Waals surface area contributed by atoms with Crippen LogP contribution in [0.2, 0.25) is 0 Å². The summed E-state index contributed by atoms with van der Waals surface area (Å²) in [5, 5.41) is 0. The van der Waals surface area contributed by atoms with Gasteiger partial charge in [0.2, 0.25) is 0 Å². The van der Waals surface area contributed by atoms with E-state index in [2.05, 4.69) is 42.2 Å². The molecule has 0 saturated heterocycles. The molecule has 0 aromatic heterocycles. The van der Waals surface area contributed by atoms with Crippen molar-refractivity contribution in [1.82, 2.24) is 4.90 Å². The van der Waals surface area contributed by atoms with Crippen molar-refractivity contribution in [2.75, 3.05) is 13.1 Å². The first-order chi connectivity index (χ1) is 8.79. The minimum absolute atomic E-state index is 0.268. The maximum Gasteiger partial charge on any atom is 0.0208 e. The zero-order valence-electron chi connectivity index (χ0n) is 11.5. The Morgan fingerprint density at radius 1 is 1.28 bits per heavy atom. The zero-order chi connectivity index (χ0) is 12.8. The lowest BCUT2D eigenvalue weighted by Crippen LogP contribution is -2.40. The van der Waals surface area contributed by atoms with Crippen molar-refractivity contribution in [1.29, 1.82) is 0 Å². The van der Waals surface area contributed by atoms with Gasteiger partial charge in [-0.15, -0.1) is 0 Å². The van der Waals surface area contributed by atoms with Crippen LogP contribution in [0.4, 0.5) is 0 Å². The lowest BCUT2D eigenvalue weighted by molar-refractivity contribution is 0.242. The molecule has 2 rings (SSSR count). The van der Waals surface area contributed by atoms with Gasteiger partial charge in [-0.1, -0.05) is 43.7 Å². The second kappa shape index (κ2) is 6.91. The molecule has 0 spiro atoms. The van der Waals surface area contributed by atoms with Crippen LogP contribution in [0.15, 0.2) is 30.3 Å². The molecule has 0 amide bonds. The topological polar surface area (TPSA) is 29.3 Å². The van der Waals surface area contributed by atoms with Crippen molar-refractivity contribution in [3.8, 4) is 0 Å². The molecule has 18 heavy (non-hydrogen) atoms. The molecule has 1 saturated carbocycles. The molecule has 0 unspecified atom stereocenters. The summed E-state index contributed by atoms with van der Waals surface area (Å²) in [7, 11) is 0. The second-order valence-electron chi connectivity index (χ2n) is 5.53. The monoisotopic (exact) mass is 246 g/mol. The average molecular weight is 246 g/mol. The predicted octanol–water partition coefficient (Wildman–Crippen LogP) is 2.82. The zero-order valence-corrected chi connectivity index (χ0v) is 11.5. The van der Waals surface area contributed by atoms with Crippen LogP contribution in [0.5, 0.6) is 0 Å². The van der Waals surface area contributed by atoms with Gasteiger partial charge in [0.05, 0.1) is 0 Å². The van der Waals surface area contributed by atoms with Gasteiger partial charge in [0.15, 0.2) is 0 Å². The maximum absolute atomic E-state index is 6.30. The van der Waals surface area contributed by atoms with Crippen LogP contribution in [-0.4, -0.2) is 30.1 Å². The largest absolute Gasteiger partial charge is 0.326 e. The molecule has 1 atom stereocenters. The number of nitrogens with zero attached hydrogens (tertiary/aromatic N) is 1. The quantitative estimate of drug-likeness (QED) is 0.764. The van der Waals surface area contributed by atoms with Crippen LogP contribution in [0.3, 0.4) is 0 Å². The molecule has 1 aromatic rings. The molecule has 100 valence electrons. The van der Waals surface area contributed by atoms with Crippen molar-refractivity contribution in [2.45, 2.75) is 51.1 Å². The Labute approximate surface area is 111 Å². The Balaban J connectivity index is 1.79. The van der Waals surface area contributed by atoms with E-state index in [1.54, 1.807) is 0 Å². The van der Waals surface area contributed by atoms with Crippen LogP contribution in [-0.2, 0) is 6.42 Å². The summed E-state index contributed by atoms with van der Waals surface area (Å²) in [4.78, 5) is 2.61. The molecule has 2 heteroatoms. The first-order valence-electron chi connectivity index (χ1n) is 7.33. The molecule has 1 aromatic carbocycles. The van der Waals surface area contributed by atoms with Crippen molar-refractivity contribution in [3.05, 3.63) is 35.9 Å². The SMILES string of the molecule is CCCCN(C[C@H](N)Cc1ccccc1)C1CC1. The molecule has 0 aliphatic heterocycles. The van der Waals surface area contributed by atoms with Gasteiger partial charge in [-0.2, -0.15) is 0 Å². The van der Waals surface area contributed by atoms with Gasteiger partial charge in [-0.3, -0.25) is 4.90 Å². The number of benzene rings is 1. The summed E-state index contributed by atoms with van der Waals surface area (Å²) in [6.07, 6.45) is 6.32. The predicted molar refractivity (Wildman–Crippen MR) is 77.6 cm³/mol. The molecular weight excluding hydrogens is 220 g/mol. The van der Waals surface area contributed by atoms with Crippen molar-refractivity contribution in [2.24, 2.45) is 5.73 Å². The molecule has 2 N–H and O–H groups in total. The van der Waals surface area contributed by atoms with Gasteiger partial charge >= 0.3 is 0 Å². The molecule has 0 radical (unpaired) electrons. The number of rotatable bonds is 8. The van der Waals surface area contributed by atoms with Crippen molar-refractivity contribution < 1.29 is 0 Å². The van der Waals surface area contributed by atoms with Gasteiger partial charge in [-0.05, 0) is 37.8 Å². The molecule has 1 fully saturated rings. The van der Waals surface area contributed by atoms with Crippen LogP contribution >= 0.6 is 0 Å². The summed E-state index contributed by atoms with van der Waals surface area (Å²) >= 11 is 0. The Morgan fingerprint density at radius 2 is 2.00 bits per heavy atom. The molecule has 0 bridgehead atoms. The standard InChI is InChI=1S/C16H26N2/c1-2-3-11-18(16-9-10-16)13-15(17)12-14-7-5-4-6-8-14/h4-8,15-16H,2-3,9-13,17H2,1H3/t15-/m1/s1. The summed E-state index contributed by atoms with van der Waals surface area (Å²) in [5.41, 5.74) is 7.66. The smallest absolute Gasteiger partial charge is 0.0208 e. The first kappa shape index (κ1) is 13.6. The highest BCUT2D eigenvalue weighted by Gasteiger charge is 2.29. The minimum atomic E-state index is 0.268. The number of unbranched alkanes of at least 4 members (excludes halogenated alkanes) is 1. The minimum Gasteiger partial charge on any atom is -0.326 e. The van der Waals surface area contributed by atoms with Crippen LogP contribution in [0.1, 0.15) is 38.2 Å². The highest BCUT2D eigenvalue weighted by Crippen LogP contribution is 2.27. The van der Waals surface area contributed by atoms with E-state index in [1.807, 2.05) is 0 Å². The highest BCUT2D eigenvalue weighted by molar-refractivity contribution is 5.15. The molecule has 0 heterocycles. The second-order valence-corrected chi connectivity index (χ2v) is 5.53. The van der Waals surface area contributed by atoms with E-state index in [4.69, 9.17) is 5.73 Å². The van der Waals surface area contributed by atoms with E-state index >= 15 is 0 Å². The van der Waals surface area contributed by atoms with Crippen molar-refractivity contribution in [3.63, 3.8) is 0 Å². The molecular formula is C16H26N2. The van der Waals surface area contributed by atoms with Crippen LogP contribution in [0.25, 0.3) is 0 Å². The van der Waals surface area contributed by atoms with E-state index in [-0.39, 0.29) is 6.04 Å². The lowest BCUT2D eigenvalue weighted by atomic mass is 10.1.